The third-order valence-corrected chi connectivity index (χ3v) is 12.3. The maximum Gasteiger partial charge on any atom is 0.338 e. The Kier molecular flexibility index (Phi) is 6.96. The molecule has 14 atom stereocenters. The van der Waals surface area contributed by atoms with Gasteiger partial charge in [-0.1, -0.05) is 56.8 Å². The van der Waals surface area contributed by atoms with Gasteiger partial charge in [-0.15, -0.1) is 0 Å². The van der Waals surface area contributed by atoms with Crippen LogP contribution in [0.2, 0.25) is 0 Å². The highest BCUT2D eigenvalue weighted by Crippen LogP contribution is 2.73. The van der Waals surface area contributed by atoms with Gasteiger partial charge in [0.1, 0.15) is 35.6 Å². The van der Waals surface area contributed by atoms with Gasteiger partial charge in [-0.3, -0.25) is 4.79 Å². The summed E-state index contributed by atoms with van der Waals surface area (Å²) in [5, 5.41) is 13.6. The maximum atomic E-state index is 14.0. The van der Waals surface area contributed by atoms with Crippen LogP contribution in [-0.4, -0.2) is 81.9 Å². The van der Waals surface area contributed by atoms with Gasteiger partial charge in [-0.05, 0) is 56.0 Å². The first kappa shape index (κ1) is 32.6. The molecule has 3 saturated carbocycles. The summed E-state index contributed by atoms with van der Waals surface area (Å²) in [4.78, 5) is 40.6. The second-order valence-corrected chi connectivity index (χ2v) is 15.1. The smallest absolute Gasteiger partial charge is 0.338 e. The zero-order valence-corrected chi connectivity index (χ0v) is 28.4. The predicted molar refractivity (Wildman–Crippen MR) is 171 cm³/mol. The SMILES string of the molecule is C=C(C)[C@@]12OC3(C)O[C@@H]1[C@@H]1[C@H](OC(=O)c4ccccc4)[C@@]4(C)O[C@@]5([C@@H]4OC(=O)c4ccccc4)[C@@H](OC(C)=O)[C@@H](C)C[C@H]5[C@@]1(O)[C@H](C)[C@@H]2O3. The number of ether oxygens (including phenoxy) is 7. The molecule has 2 aromatic carbocycles. The number of hydrogen-bond acceptors (Lipinski definition) is 11. The molecule has 1 spiro atoms. The Balaban J connectivity index is 1.35. The molecule has 0 aromatic heterocycles. The van der Waals surface area contributed by atoms with E-state index in [2.05, 4.69) is 6.58 Å². The van der Waals surface area contributed by atoms with Crippen molar-refractivity contribution in [3.05, 3.63) is 83.9 Å². The van der Waals surface area contributed by atoms with Crippen LogP contribution in [0.3, 0.4) is 0 Å². The van der Waals surface area contributed by atoms with E-state index in [1.807, 2.05) is 20.8 Å². The minimum Gasteiger partial charge on any atom is -0.459 e. The second-order valence-electron chi connectivity index (χ2n) is 15.1. The van der Waals surface area contributed by atoms with Crippen molar-refractivity contribution in [3.63, 3.8) is 0 Å². The summed E-state index contributed by atoms with van der Waals surface area (Å²) in [5.74, 6) is -6.04. The molecule has 6 aliphatic rings. The van der Waals surface area contributed by atoms with E-state index in [9.17, 15) is 19.5 Å². The molecule has 8 rings (SSSR count). The molecule has 0 radical (unpaired) electrons. The van der Waals surface area contributed by atoms with Crippen LogP contribution < -0.4 is 0 Å². The van der Waals surface area contributed by atoms with Crippen LogP contribution in [0.4, 0.5) is 0 Å². The fourth-order valence-electron chi connectivity index (χ4n) is 10.5. The van der Waals surface area contributed by atoms with Gasteiger partial charge in [-0.25, -0.2) is 9.59 Å². The van der Waals surface area contributed by atoms with Gasteiger partial charge in [0, 0.05) is 25.7 Å². The first-order valence-corrected chi connectivity index (χ1v) is 17.0. The van der Waals surface area contributed by atoms with Crippen LogP contribution in [0.1, 0.15) is 68.7 Å². The molecule has 1 N–H and O–H groups in total. The quantitative estimate of drug-likeness (QED) is 0.266. The highest BCUT2D eigenvalue weighted by atomic mass is 16.9. The van der Waals surface area contributed by atoms with Crippen LogP contribution in [0.5, 0.6) is 0 Å². The molecular formula is C38H42O11. The zero-order chi connectivity index (χ0) is 34.9. The van der Waals surface area contributed by atoms with E-state index in [4.69, 9.17) is 33.2 Å². The molecule has 3 heterocycles. The Morgan fingerprint density at radius 3 is 1.96 bits per heavy atom. The number of rotatable bonds is 6. The second kappa shape index (κ2) is 10.5. The van der Waals surface area contributed by atoms with Gasteiger partial charge in [-0.2, -0.15) is 0 Å². The number of esters is 3. The molecule has 11 heteroatoms. The summed E-state index contributed by atoms with van der Waals surface area (Å²) >= 11 is 0. The Hall–Kier alpha value is -3.61. The molecule has 3 saturated heterocycles. The van der Waals surface area contributed by atoms with E-state index in [0.29, 0.717) is 17.6 Å². The number of fused-ring (bicyclic) bond motifs is 5. The lowest BCUT2D eigenvalue weighted by molar-refractivity contribution is -0.388. The van der Waals surface area contributed by atoms with E-state index >= 15 is 0 Å². The van der Waals surface area contributed by atoms with Crippen molar-refractivity contribution in [1.29, 1.82) is 0 Å². The molecule has 3 aliphatic heterocycles. The van der Waals surface area contributed by atoms with Gasteiger partial charge in [0.2, 0.25) is 0 Å². The number of carbonyl (C=O) groups excluding carboxylic acids is 3. The van der Waals surface area contributed by atoms with Crippen LogP contribution in [-0.2, 0) is 38.0 Å². The van der Waals surface area contributed by atoms with Gasteiger partial charge in [0.25, 0.3) is 5.97 Å². The molecule has 4 bridgehead atoms. The molecule has 0 amide bonds. The van der Waals surface area contributed by atoms with E-state index in [1.165, 1.54) is 6.92 Å². The van der Waals surface area contributed by atoms with Crippen LogP contribution in [0.25, 0.3) is 0 Å². The van der Waals surface area contributed by atoms with E-state index < -0.39 is 94.6 Å². The summed E-state index contributed by atoms with van der Waals surface area (Å²) in [6.07, 6.45) is -4.56. The van der Waals surface area contributed by atoms with Gasteiger partial charge >= 0.3 is 17.9 Å². The molecular weight excluding hydrogens is 632 g/mol. The first-order valence-electron chi connectivity index (χ1n) is 17.0. The third-order valence-electron chi connectivity index (χ3n) is 12.3. The van der Waals surface area contributed by atoms with Crippen LogP contribution >= 0.6 is 0 Å². The van der Waals surface area contributed by atoms with Gasteiger partial charge in [0.15, 0.2) is 11.7 Å². The molecule has 2 aromatic rings. The minimum atomic E-state index is -1.74. The zero-order valence-electron chi connectivity index (χ0n) is 28.4. The van der Waals surface area contributed by atoms with Crippen molar-refractivity contribution in [2.75, 3.05) is 0 Å². The highest BCUT2D eigenvalue weighted by Gasteiger charge is 2.90. The topological polar surface area (TPSA) is 136 Å². The molecule has 260 valence electrons. The van der Waals surface area contributed by atoms with Crippen molar-refractivity contribution in [1.82, 2.24) is 0 Å². The van der Waals surface area contributed by atoms with Gasteiger partial charge < -0.3 is 38.3 Å². The van der Waals surface area contributed by atoms with Crippen molar-refractivity contribution in [2.24, 2.45) is 23.7 Å². The summed E-state index contributed by atoms with van der Waals surface area (Å²) in [7, 11) is 0. The van der Waals surface area contributed by atoms with E-state index in [0.717, 1.165) is 0 Å². The predicted octanol–water partition coefficient (Wildman–Crippen LogP) is 4.37. The summed E-state index contributed by atoms with van der Waals surface area (Å²) < 4.78 is 45.6. The fraction of sp³-hybridized carbons (Fsp3) is 0.553. The third kappa shape index (κ3) is 4.05. The lowest BCUT2D eigenvalue weighted by atomic mass is 9.53. The molecule has 1 unspecified atom stereocenters. The highest BCUT2D eigenvalue weighted by molar-refractivity contribution is 5.90. The first-order chi connectivity index (χ1) is 23.1. The Labute approximate surface area is 284 Å². The maximum absolute atomic E-state index is 14.0. The fourth-order valence-corrected chi connectivity index (χ4v) is 10.5. The standard InChI is InChI=1S/C38H42O11/c1-19(2)37-28-21(4)36(42)25-18-20(3)27(43-22(5)39)38(25)33(45-32(41)24-16-12-9-13-17-24)34(6,48-38)29(44-31(40)23-14-10-8-11-15-23)26(36)30(37)47-35(7,46-28)49-37/h8-17,20-21,25-30,33,42H,1,18H2,2-7H3/t20-,21+,25-,26-,27-,28-,29-,30+,33+,34+,35?,36-,37-,38+/m0/s1. The number of benzene rings is 2. The molecule has 11 nitrogen and oxygen atoms in total. The van der Waals surface area contributed by atoms with Crippen molar-refractivity contribution in [2.45, 2.75) is 107 Å². The molecule has 6 fully saturated rings. The number of hydrogen-bond donors (Lipinski definition) is 1. The number of aliphatic hydroxyl groups is 1. The average molecular weight is 675 g/mol. The lowest BCUT2D eigenvalue weighted by Gasteiger charge is -2.62. The normalized spacial score (nSPS) is 46.8. The Morgan fingerprint density at radius 1 is 0.816 bits per heavy atom. The monoisotopic (exact) mass is 674 g/mol. The van der Waals surface area contributed by atoms with E-state index in [1.54, 1.807) is 74.5 Å². The molecule has 49 heavy (non-hydrogen) atoms. The number of carbonyl (C=O) groups is 3. The summed E-state index contributed by atoms with van der Waals surface area (Å²) in [6.45, 7) is 14.7. The van der Waals surface area contributed by atoms with Crippen molar-refractivity contribution < 1.29 is 52.6 Å². The van der Waals surface area contributed by atoms with E-state index in [-0.39, 0.29) is 11.5 Å². The van der Waals surface area contributed by atoms with Crippen LogP contribution in [0.15, 0.2) is 72.8 Å². The van der Waals surface area contributed by atoms with Crippen molar-refractivity contribution in [3.8, 4) is 0 Å². The lowest BCUT2D eigenvalue weighted by Crippen LogP contribution is -2.80. The van der Waals surface area contributed by atoms with Crippen molar-refractivity contribution >= 4 is 17.9 Å². The average Bonchev–Trinajstić information content (AvgIpc) is 3.65. The Morgan fingerprint density at radius 2 is 1.39 bits per heavy atom. The summed E-state index contributed by atoms with van der Waals surface area (Å²) in [5.41, 5.74) is -4.76. The van der Waals surface area contributed by atoms with Gasteiger partial charge in [0.05, 0.1) is 22.6 Å². The minimum absolute atomic E-state index is 0.286. The Bertz CT molecular complexity index is 1730. The molecule has 3 aliphatic carbocycles. The van der Waals surface area contributed by atoms with Crippen LogP contribution in [0, 0.1) is 23.7 Å². The largest absolute Gasteiger partial charge is 0.459 e. The summed E-state index contributed by atoms with van der Waals surface area (Å²) in [6, 6.07) is 17.1.